The van der Waals surface area contributed by atoms with Crippen LogP contribution >= 0.6 is 0 Å². The first-order valence-electron chi connectivity index (χ1n) is 7.99. The van der Waals surface area contributed by atoms with Gasteiger partial charge in [0.2, 0.25) is 0 Å². The second-order valence-corrected chi connectivity index (χ2v) is 6.32. The molecule has 0 radical (unpaired) electrons. The van der Waals surface area contributed by atoms with E-state index in [-0.39, 0.29) is 5.41 Å². The van der Waals surface area contributed by atoms with Crippen molar-refractivity contribution in [2.45, 2.75) is 18.3 Å². The molecule has 2 aromatic rings. The standard InChI is InChI=1S/C19H16F2N2O/c20-14-5-3-6-15(21)17(14)18(24)23-10-8-19(9-11-23)12-22-16-7-2-1-4-13(16)19/h1-7,12H,8-11H2. The molecule has 3 nitrogen and oxygen atoms in total. The quantitative estimate of drug-likeness (QED) is 0.783. The van der Waals surface area contributed by atoms with E-state index in [4.69, 9.17) is 0 Å². The maximum absolute atomic E-state index is 13.8. The Kier molecular flexibility index (Phi) is 3.44. The van der Waals surface area contributed by atoms with Crippen LogP contribution in [-0.4, -0.2) is 30.1 Å². The van der Waals surface area contributed by atoms with Gasteiger partial charge in [-0.2, -0.15) is 0 Å². The normalized spacial score (nSPS) is 18.0. The molecule has 1 fully saturated rings. The van der Waals surface area contributed by atoms with Crippen LogP contribution in [0.15, 0.2) is 47.5 Å². The van der Waals surface area contributed by atoms with Crippen molar-refractivity contribution < 1.29 is 13.6 Å². The molecule has 0 aromatic heterocycles. The Morgan fingerprint density at radius 3 is 2.38 bits per heavy atom. The maximum atomic E-state index is 13.8. The molecule has 24 heavy (non-hydrogen) atoms. The highest BCUT2D eigenvalue weighted by Gasteiger charge is 2.40. The van der Waals surface area contributed by atoms with Crippen LogP contribution in [0.4, 0.5) is 14.5 Å². The first-order chi connectivity index (χ1) is 11.6. The third-order valence-electron chi connectivity index (χ3n) is 5.01. The molecule has 0 saturated carbocycles. The Balaban J connectivity index is 1.55. The number of carbonyl (C=O) groups excluding carboxylic acids is 1. The first-order valence-corrected chi connectivity index (χ1v) is 7.99. The molecule has 2 aliphatic heterocycles. The molecule has 0 unspecified atom stereocenters. The highest BCUT2D eigenvalue weighted by atomic mass is 19.1. The van der Waals surface area contributed by atoms with Crippen molar-refractivity contribution in [1.29, 1.82) is 0 Å². The number of amides is 1. The molecule has 2 heterocycles. The van der Waals surface area contributed by atoms with Crippen molar-refractivity contribution in [2.75, 3.05) is 13.1 Å². The monoisotopic (exact) mass is 326 g/mol. The van der Waals surface area contributed by atoms with Gasteiger partial charge in [0.25, 0.3) is 5.91 Å². The summed E-state index contributed by atoms with van der Waals surface area (Å²) in [4.78, 5) is 18.5. The Hall–Kier alpha value is -2.56. The van der Waals surface area contributed by atoms with Gasteiger partial charge in [-0.1, -0.05) is 24.3 Å². The van der Waals surface area contributed by atoms with E-state index < -0.39 is 23.1 Å². The zero-order chi connectivity index (χ0) is 16.7. The number of likely N-dealkylation sites (tertiary alicyclic amines) is 1. The average molecular weight is 326 g/mol. The molecule has 2 aromatic carbocycles. The summed E-state index contributed by atoms with van der Waals surface area (Å²) in [7, 11) is 0. The van der Waals surface area contributed by atoms with Crippen molar-refractivity contribution in [1.82, 2.24) is 4.90 Å². The highest BCUT2D eigenvalue weighted by Crippen LogP contribution is 2.43. The number of fused-ring (bicyclic) bond motifs is 2. The molecule has 1 spiro atoms. The third-order valence-corrected chi connectivity index (χ3v) is 5.01. The number of hydrogen-bond acceptors (Lipinski definition) is 2. The van der Waals surface area contributed by atoms with E-state index >= 15 is 0 Å². The summed E-state index contributed by atoms with van der Waals surface area (Å²) >= 11 is 0. The van der Waals surface area contributed by atoms with Gasteiger partial charge in [-0.15, -0.1) is 0 Å². The van der Waals surface area contributed by atoms with Crippen LogP contribution < -0.4 is 0 Å². The molecule has 1 saturated heterocycles. The van der Waals surface area contributed by atoms with Crippen molar-refractivity contribution in [3.63, 3.8) is 0 Å². The number of para-hydroxylation sites is 1. The molecule has 2 aliphatic rings. The van der Waals surface area contributed by atoms with Crippen molar-refractivity contribution in [3.05, 3.63) is 65.2 Å². The molecule has 5 heteroatoms. The minimum atomic E-state index is -0.812. The van der Waals surface area contributed by atoms with Crippen LogP contribution in [0.3, 0.4) is 0 Å². The number of piperidine rings is 1. The number of aliphatic imine (C=N–C) groups is 1. The number of carbonyl (C=O) groups is 1. The highest BCUT2D eigenvalue weighted by molar-refractivity contribution is 5.95. The predicted octanol–water partition coefficient (Wildman–Crippen LogP) is 3.85. The molecule has 0 aliphatic carbocycles. The topological polar surface area (TPSA) is 32.7 Å². The maximum Gasteiger partial charge on any atom is 0.259 e. The minimum Gasteiger partial charge on any atom is -0.338 e. The largest absolute Gasteiger partial charge is 0.338 e. The van der Waals surface area contributed by atoms with Crippen LogP contribution in [0.5, 0.6) is 0 Å². The summed E-state index contributed by atoms with van der Waals surface area (Å²) in [6.45, 7) is 0.903. The fraction of sp³-hybridized carbons (Fsp3) is 0.263. The van der Waals surface area contributed by atoms with Gasteiger partial charge in [0.15, 0.2) is 0 Å². The van der Waals surface area contributed by atoms with Gasteiger partial charge in [0.05, 0.1) is 5.69 Å². The fourth-order valence-corrected chi connectivity index (χ4v) is 3.64. The number of nitrogens with zero attached hydrogens (tertiary/aromatic N) is 2. The molecule has 122 valence electrons. The molecule has 0 bridgehead atoms. The minimum absolute atomic E-state index is 0.166. The Morgan fingerprint density at radius 1 is 1.00 bits per heavy atom. The van der Waals surface area contributed by atoms with Crippen molar-refractivity contribution in [2.24, 2.45) is 4.99 Å². The summed E-state index contributed by atoms with van der Waals surface area (Å²) in [6.07, 6.45) is 3.37. The lowest BCUT2D eigenvalue weighted by Gasteiger charge is -2.38. The van der Waals surface area contributed by atoms with E-state index in [2.05, 4.69) is 11.1 Å². The van der Waals surface area contributed by atoms with Gasteiger partial charge < -0.3 is 4.90 Å². The first kappa shape index (κ1) is 15.0. The molecule has 1 amide bonds. The van der Waals surface area contributed by atoms with Crippen LogP contribution in [0.25, 0.3) is 0 Å². The molecular formula is C19H16F2N2O. The van der Waals surface area contributed by atoms with Gasteiger partial charge >= 0.3 is 0 Å². The third kappa shape index (κ3) is 2.23. The Morgan fingerprint density at radius 2 is 1.67 bits per heavy atom. The van der Waals surface area contributed by atoms with E-state index in [1.54, 1.807) is 0 Å². The summed E-state index contributed by atoms with van der Waals surface area (Å²) in [5.74, 6) is -2.20. The molecular weight excluding hydrogens is 310 g/mol. The van der Waals surface area contributed by atoms with Gasteiger partial charge in [-0.3, -0.25) is 9.79 Å². The second kappa shape index (κ2) is 5.51. The smallest absolute Gasteiger partial charge is 0.259 e. The lowest BCUT2D eigenvalue weighted by molar-refractivity contribution is 0.0689. The van der Waals surface area contributed by atoms with E-state index in [1.807, 2.05) is 24.4 Å². The van der Waals surface area contributed by atoms with E-state index in [0.29, 0.717) is 25.9 Å². The van der Waals surface area contributed by atoms with Crippen LogP contribution in [0.2, 0.25) is 0 Å². The molecule has 0 N–H and O–H groups in total. The Labute approximate surface area is 138 Å². The zero-order valence-corrected chi connectivity index (χ0v) is 13.0. The zero-order valence-electron chi connectivity index (χ0n) is 13.0. The SMILES string of the molecule is O=C(c1c(F)cccc1F)N1CCC2(C=Nc3ccccc32)CC1. The number of hydrogen-bond donors (Lipinski definition) is 0. The Bertz CT molecular complexity index is 819. The molecule has 0 atom stereocenters. The van der Waals surface area contributed by atoms with E-state index in [0.717, 1.165) is 17.8 Å². The summed E-state index contributed by atoms with van der Waals surface area (Å²) in [5, 5.41) is 0. The number of benzene rings is 2. The van der Waals surface area contributed by atoms with Crippen molar-refractivity contribution >= 4 is 17.8 Å². The van der Waals surface area contributed by atoms with Gasteiger partial charge in [-0.25, -0.2) is 8.78 Å². The second-order valence-electron chi connectivity index (χ2n) is 6.32. The van der Waals surface area contributed by atoms with Crippen LogP contribution in [-0.2, 0) is 5.41 Å². The fourth-order valence-electron chi connectivity index (χ4n) is 3.64. The summed E-state index contributed by atoms with van der Waals surface area (Å²) < 4.78 is 27.7. The van der Waals surface area contributed by atoms with Gasteiger partial charge in [0, 0.05) is 24.7 Å². The lowest BCUT2D eigenvalue weighted by atomic mass is 9.74. The lowest BCUT2D eigenvalue weighted by Crippen LogP contribution is -2.45. The van der Waals surface area contributed by atoms with Crippen LogP contribution in [0, 0.1) is 11.6 Å². The predicted molar refractivity (Wildman–Crippen MR) is 87.8 cm³/mol. The van der Waals surface area contributed by atoms with E-state index in [9.17, 15) is 13.6 Å². The summed E-state index contributed by atoms with van der Waals surface area (Å²) in [6, 6.07) is 11.5. The van der Waals surface area contributed by atoms with E-state index in [1.165, 1.54) is 16.5 Å². The summed E-state index contributed by atoms with van der Waals surface area (Å²) in [5.41, 5.74) is 1.52. The van der Waals surface area contributed by atoms with Gasteiger partial charge in [-0.05, 0) is 36.6 Å². The number of rotatable bonds is 1. The van der Waals surface area contributed by atoms with Crippen LogP contribution in [0.1, 0.15) is 28.8 Å². The average Bonchev–Trinajstić information content (AvgIpc) is 2.94. The van der Waals surface area contributed by atoms with Crippen molar-refractivity contribution in [3.8, 4) is 0 Å². The number of halogens is 2. The molecule has 4 rings (SSSR count). The van der Waals surface area contributed by atoms with Gasteiger partial charge in [0.1, 0.15) is 17.2 Å².